The lowest BCUT2D eigenvalue weighted by atomic mass is 10.2. The molecule has 0 heterocycles. The summed E-state index contributed by atoms with van der Waals surface area (Å²) in [7, 11) is 0. The molecule has 0 bridgehead atoms. The van der Waals surface area contributed by atoms with Crippen LogP contribution in [0.15, 0.2) is 48.5 Å². The van der Waals surface area contributed by atoms with Gasteiger partial charge in [0.1, 0.15) is 0 Å². The SMILES string of the molecule is Nc1cccc(CNc2ccc(C(=O)O)cc2)c1. The average Bonchev–Trinajstić information content (AvgIpc) is 2.37. The molecule has 92 valence electrons. The van der Waals surface area contributed by atoms with Gasteiger partial charge in [-0.2, -0.15) is 0 Å². The largest absolute Gasteiger partial charge is 0.478 e. The number of aromatic carboxylic acids is 1. The lowest BCUT2D eigenvalue weighted by Gasteiger charge is -2.07. The molecular formula is C14H14N2O2. The molecule has 4 heteroatoms. The smallest absolute Gasteiger partial charge is 0.335 e. The van der Waals surface area contributed by atoms with Crippen LogP contribution in [0.1, 0.15) is 15.9 Å². The summed E-state index contributed by atoms with van der Waals surface area (Å²) in [5.41, 5.74) is 8.66. The van der Waals surface area contributed by atoms with Crippen molar-refractivity contribution in [1.29, 1.82) is 0 Å². The maximum Gasteiger partial charge on any atom is 0.335 e. The first-order valence-electron chi connectivity index (χ1n) is 5.57. The number of carboxylic acids is 1. The fraction of sp³-hybridized carbons (Fsp3) is 0.0714. The van der Waals surface area contributed by atoms with Crippen LogP contribution in [0.3, 0.4) is 0 Å². The second-order valence-corrected chi connectivity index (χ2v) is 3.98. The molecule has 0 aliphatic rings. The van der Waals surface area contributed by atoms with Crippen molar-refractivity contribution >= 4 is 17.3 Å². The van der Waals surface area contributed by atoms with Crippen molar-refractivity contribution in [2.45, 2.75) is 6.54 Å². The summed E-state index contributed by atoms with van der Waals surface area (Å²) in [5.74, 6) is -0.919. The normalized spacial score (nSPS) is 10.0. The third-order valence-electron chi connectivity index (χ3n) is 2.58. The summed E-state index contributed by atoms with van der Waals surface area (Å²) in [6.07, 6.45) is 0. The second-order valence-electron chi connectivity index (χ2n) is 3.98. The maximum absolute atomic E-state index is 10.7. The van der Waals surface area contributed by atoms with Crippen LogP contribution in [0.5, 0.6) is 0 Å². The molecule has 0 saturated heterocycles. The first-order valence-corrected chi connectivity index (χ1v) is 5.57. The van der Waals surface area contributed by atoms with Crippen LogP contribution in [0.25, 0.3) is 0 Å². The predicted octanol–water partition coefficient (Wildman–Crippen LogP) is 2.58. The zero-order chi connectivity index (χ0) is 13.0. The topological polar surface area (TPSA) is 75.3 Å². The first-order chi connectivity index (χ1) is 8.65. The molecule has 0 saturated carbocycles. The zero-order valence-electron chi connectivity index (χ0n) is 9.76. The van der Waals surface area contributed by atoms with E-state index in [9.17, 15) is 4.79 Å². The molecule has 0 aliphatic heterocycles. The van der Waals surface area contributed by atoms with Crippen LogP contribution in [0.2, 0.25) is 0 Å². The second kappa shape index (κ2) is 5.23. The molecule has 4 N–H and O–H groups in total. The fourth-order valence-corrected chi connectivity index (χ4v) is 1.64. The molecule has 0 aromatic heterocycles. The van der Waals surface area contributed by atoms with Gasteiger partial charge in [-0.1, -0.05) is 12.1 Å². The minimum absolute atomic E-state index is 0.282. The highest BCUT2D eigenvalue weighted by Crippen LogP contribution is 2.12. The fourth-order valence-electron chi connectivity index (χ4n) is 1.64. The average molecular weight is 242 g/mol. The van der Waals surface area contributed by atoms with E-state index in [1.54, 1.807) is 24.3 Å². The van der Waals surface area contributed by atoms with Gasteiger partial charge in [0.2, 0.25) is 0 Å². The highest BCUT2D eigenvalue weighted by molar-refractivity contribution is 5.87. The Morgan fingerprint density at radius 3 is 2.50 bits per heavy atom. The lowest BCUT2D eigenvalue weighted by Crippen LogP contribution is -2.01. The Morgan fingerprint density at radius 2 is 1.89 bits per heavy atom. The number of nitrogens with two attached hydrogens (primary N) is 1. The number of nitrogen functional groups attached to an aromatic ring is 1. The Balaban J connectivity index is 2.00. The molecule has 0 amide bonds. The Hall–Kier alpha value is -2.49. The van der Waals surface area contributed by atoms with Crippen LogP contribution in [-0.2, 0) is 6.54 Å². The molecule has 0 atom stereocenters. The molecule has 0 spiro atoms. The zero-order valence-corrected chi connectivity index (χ0v) is 9.76. The Bertz CT molecular complexity index is 550. The van der Waals surface area contributed by atoms with Gasteiger partial charge in [0.25, 0.3) is 0 Å². The standard InChI is InChI=1S/C14H14N2O2/c15-12-3-1-2-10(8-12)9-16-13-6-4-11(5-7-13)14(17)18/h1-8,16H,9,15H2,(H,17,18). The van der Waals surface area contributed by atoms with Crippen molar-refractivity contribution in [3.8, 4) is 0 Å². The van der Waals surface area contributed by atoms with Crippen LogP contribution < -0.4 is 11.1 Å². The predicted molar refractivity (Wildman–Crippen MR) is 71.6 cm³/mol. The van der Waals surface area contributed by atoms with Crippen LogP contribution in [-0.4, -0.2) is 11.1 Å². The molecule has 2 aromatic carbocycles. The molecule has 0 radical (unpaired) electrons. The highest BCUT2D eigenvalue weighted by atomic mass is 16.4. The Kier molecular flexibility index (Phi) is 3.48. The monoisotopic (exact) mass is 242 g/mol. The van der Waals surface area contributed by atoms with Crippen LogP contribution in [0.4, 0.5) is 11.4 Å². The molecule has 0 fully saturated rings. The molecule has 4 nitrogen and oxygen atoms in total. The number of nitrogens with one attached hydrogen (secondary N) is 1. The number of hydrogen-bond acceptors (Lipinski definition) is 3. The van der Waals surface area contributed by atoms with Crippen molar-refractivity contribution in [3.05, 3.63) is 59.7 Å². The summed E-state index contributed by atoms with van der Waals surface area (Å²) in [5, 5.41) is 12.0. The van der Waals surface area contributed by atoms with E-state index in [-0.39, 0.29) is 5.56 Å². The Labute approximate surface area is 105 Å². The summed E-state index contributed by atoms with van der Waals surface area (Å²) in [6.45, 7) is 0.650. The summed E-state index contributed by atoms with van der Waals surface area (Å²) in [6, 6.07) is 14.3. The number of hydrogen-bond donors (Lipinski definition) is 3. The lowest BCUT2D eigenvalue weighted by molar-refractivity contribution is 0.0697. The molecular weight excluding hydrogens is 228 g/mol. The van der Waals surface area contributed by atoms with Crippen LogP contribution in [0, 0.1) is 0 Å². The van der Waals surface area contributed by atoms with Crippen molar-refractivity contribution in [1.82, 2.24) is 0 Å². The summed E-state index contributed by atoms with van der Waals surface area (Å²) >= 11 is 0. The maximum atomic E-state index is 10.7. The number of anilines is 2. The van der Waals surface area contributed by atoms with Gasteiger partial charge < -0.3 is 16.2 Å². The number of rotatable bonds is 4. The number of carbonyl (C=O) groups is 1. The minimum atomic E-state index is -0.919. The highest BCUT2D eigenvalue weighted by Gasteiger charge is 2.01. The van der Waals surface area contributed by atoms with Crippen molar-refractivity contribution in [3.63, 3.8) is 0 Å². The van der Waals surface area contributed by atoms with E-state index in [2.05, 4.69) is 5.32 Å². The van der Waals surface area contributed by atoms with Gasteiger partial charge in [-0.25, -0.2) is 4.79 Å². The van der Waals surface area contributed by atoms with Gasteiger partial charge in [-0.15, -0.1) is 0 Å². The summed E-state index contributed by atoms with van der Waals surface area (Å²) in [4.78, 5) is 10.7. The van der Waals surface area contributed by atoms with Gasteiger partial charge in [-0.05, 0) is 42.0 Å². The third kappa shape index (κ3) is 3.01. The van der Waals surface area contributed by atoms with E-state index < -0.39 is 5.97 Å². The Morgan fingerprint density at radius 1 is 1.17 bits per heavy atom. The van der Waals surface area contributed by atoms with Gasteiger partial charge in [0, 0.05) is 17.9 Å². The van der Waals surface area contributed by atoms with E-state index in [0.29, 0.717) is 6.54 Å². The minimum Gasteiger partial charge on any atom is -0.478 e. The van der Waals surface area contributed by atoms with Crippen molar-refractivity contribution in [2.75, 3.05) is 11.1 Å². The number of carboxylic acid groups (broad SMARTS) is 1. The molecule has 18 heavy (non-hydrogen) atoms. The van der Waals surface area contributed by atoms with Gasteiger partial charge in [-0.3, -0.25) is 0 Å². The van der Waals surface area contributed by atoms with Crippen molar-refractivity contribution in [2.24, 2.45) is 0 Å². The number of benzene rings is 2. The van der Waals surface area contributed by atoms with E-state index in [1.165, 1.54) is 0 Å². The molecule has 0 unspecified atom stereocenters. The quantitative estimate of drug-likeness (QED) is 0.720. The third-order valence-corrected chi connectivity index (χ3v) is 2.58. The summed E-state index contributed by atoms with van der Waals surface area (Å²) < 4.78 is 0. The van der Waals surface area contributed by atoms with Crippen molar-refractivity contribution < 1.29 is 9.90 Å². The van der Waals surface area contributed by atoms with Gasteiger partial charge in [0.15, 0.2) is 0 Å². The van der Waals surface area contributed by atoms with E-state index >= 15 is 0 Å². The van der Waals surface area contributed by atoms with Gasteiger partial charge >= 0.3 is 5.97 Å². The van der Waals surface area contributed by atoms with E-state index in [1.807, 2.05) is 24.3 Å². The van der Waals surface area contributed by atoms with E-state index in [4.69, 9.17) is 10.8 Å². The van der Waals surface area contributed by atoms with Gasteiger partial charge in [0.05, 0.1) is 5.56 Å². The molecule has 2 rings (SSSR count). The molecule has 0 aliphatic carbocycles. The van der Waals surface area contributed by atoms with Crippen LogP contribution >= 0.6 is 0 Å². The molecule has 2 aromatic rings. The first kappa shape index (κ1) is 12.0. The van der Waals surface area contributed by atoms with E-state index in [0.717, 1.165) is 16.9 Å².